The van der Waals surface area contributed by atoms with Gasteiger partial charge in [-0.2, -0.15) is 0 Å². The molecule has 0 aliphatic rings. The van der Waals surface area contributed by atoms with Gasteiger partial charge in [-0.25, -0.2) is 14.4 Å². The molecular weight excluding hydrogens is 400 g/mol. The molecular formula is C19H32N2O9. The zero-order chi connectivity index (χ0) is 22.9. The number of carbonyl (C=O) groups excluding carboxylic acids is 5. The van der Waals surface area contributed by atoms with Crippen LogP contribution in [0.15, 0.2) is 0 Å². The molecule has 0 aromatic heterocycles. The molecule has 11 heteroatoms. The molecule has 11 nitrogen and oxygen atoms in total. The number of nitrogens with one attached hydrogen (secondary N) is 2. The quantitative estimate of drug-likeness (QED) is 0.301. The van der Waals surface area contributed by atoms with Crippen molar-refractivity contribution in [1.82, 2.24) is 10.6 Å². The van der Waals surface area contributed by atoms with Gasteiger partial charge in [-0.05, 0) is 40.5 Å². The van der Waals surface area contributed by atoms with Crippen LogP contribution in [-0.2, 0) is 38.1 Å². The van der Waals surface area contributed by atoms with E-state index >= 15 is 0 Å². The summed E-state index contributed by atoms with van der Waals surface area (Å²) in [7, 11) is 0. The second-order valence-corrected chi connectivity index (χ2v) is 5.91. The van der Waals surface area contributed by atoms with E-state index < -0.39 is 42.0 Å². The lowest BCUT2D eigenvalue weighted by atomic mass is 10.1. The Bertz CT molecular complexity index is 532. The van der Waals surface area contributed by atoms with Gasteiger partial charge in [0, 0.05) is 12.8 Å². The third-order valence-corrected chi connectivity index (χ3v) is 3.64. The van der Waals surface area contributed by atoms with Crippen LogP contribution in [0.4, 0.5) is 4.79 Å². The van der Waals surface area contributed by atoms with Crippen LogP contribution in [0.2, 0.25) is 0 Å². The van der Waals surface area contributed by atoms with Crippen LogP contribution in [0, 0.1) is 0 Å². The number of hydrogen-bond donors (Lipinski definition) is 2. The van der Waals surface area contributed by atoms with Crippen LogP contribution in [0.1, 0.15) is 53.4 Å². The minimum absolute atomic E-state index is 0.0437. The van der Waals surface area contributed by atoms with E-state index in [-0.39, 0.29) is 52.1 Å². The smallest absolute Gasteiger partial charge is 0.328 e. The predicted molar refractivity (Wildman–Crippen MR) is 104 cm³/mol. The number of ether oxygens (including phenoxy) is 4. The molecule has 0 radical (unpaired) electrons. The Morgan fingerprint density at radius 3 is 1.23 bits per heavy atom. The molecule has 0 heterocycles. The van der Waals surface area contributed by atoms with E-state index in [0.29, 0.717) is 0 Å². The van der Waals surface area contributed by atoms with Crippen LogP contribution in [0.5, 0.6) is 0 Å². The fourth-order valence-electron chi connectivity index (χ4n) is 2.33. The highest BCUT2D eigenvalue weighted by Crippen LogP contribution is 2.05. The molecule has 0 spiro atoms. The third kappa shape index (κ3) is 11.9. The first kappa shape index (κ1) is 27.1. The maximum atomic E-state index is 12.4. The predicted octanol–water partition coefficient (Wildman–Crippen LogP) is 0.836. The Balaban J connectivity index is 5.01. The highest BCUT2D eigenvalue weighted by molar-refractivity contribution is 5.87. The Morgan fingerprint density at radius 1 is 0.600 bits per heavy atom. The number of hydrogen-bond acceptors (Lipinski definition) is 9. The van der Waals surface area contributed by atoms with Gasteiger partial charge in [0.2, 0.25) is 0 Å². The molecule has 2 amide bonds. The maximum absolute atomic E-state index is 12.4. The first-order chi connectivity index (χ1) is 14.3. The SMILES string of the molecule is CCOC(=O)CCC(NC(=O)NC(CCC(=O)OCC)C(=O)OCC)C(=O)OCC. The van der Waals surface area contributed by atoms with Crippen LogP contribution >= 0.6 is 0 Å². The number of carbonyl (C=O) groups is 5. The molecule has 2 unspecified atom stereocenters. The van der Waals surface area contributed by atoms with Crippen molar-refractivity contribution in [2.75, 3.05) is 26.4 Å². The number of urea groups is 1. The molecule has 0 aromatic carbocycles. The van der Waals surface area contributed by atoms with Crippen molar-refractivity contribution in [2.45, 2.75) is 65.5 Å². The van der Waals surface area contributed by atoms with Gasteiger partial charge in [0.15, 0.2) is 0 Å². The average molecular weight is 432 g/mol. The zero-order valence-corrected chi connectivity index (χ0v) is 18.0. The van der Waals surface area contributed by atoms with Crippen LogP contribution < -0.4 is 10.6 Å². The van der Waals surface area contributed by atoms with E-state index in [1.807, 2.05) is 0 Å². The molecule has 30 heavy (non-hydrogen) atoms. The summed E-state index contributed by atoms with van der Waals surface area (Å²) in [6.07, 6.45) is -0.306. The maximum Gasteiger partial charge on any atom is 0.328 e. The lowest BCUT2D eigenvalue weighted by molar-refractivity contribution is -0.148. The molecule has 2 N–H and O–H groups in total. The summed E-state index contributed by atoms with van der Waals surface area (Å²) in [5.41, 5.74) is 0. The fraction of sp³-hybridized carbons (Fsp3) is 0.737. The number of esters is 4. The second kappa shape index (κ2) is 16.0. The molecule has 172 valence electrons. The number of rotatable bonds is 14. The molecule has 2 atom stereocenters. The van der Waals surface area contributed by atoms with Crippen molar-refractivity contribution < 1.29 is 42.9 Å². The fourth-order valence-corrected chi connectivity index (χ4v) is 2.33. The minimum atomic E-state index is -1.12. The van der Waals surface area contributed by atoms with Crippen molar-refractivity contribution >= 4 is 29.9 Å². The largest absolute Gasteiger partial charge is 0.466 e. The van der Waals surface area contributed by atoms with Crippen molar-refractivity contribution in [3.63, 3.8) is 0 Å². The van der Waals surface area contributed by atoms with Crippen LogP contribution in [0.25, 0.3) is 0 Å². The highest BCUT2D eigenvalue weighted by atomic mass is 16.5. The minimum Gasteiger partial charge on any atom is -0.466 e. The van der Waals surface area contributed by atoms with Gasteiger partial charge in [0.1, 0.15) is 12.1 Å². The Kier molecular flexibility index (Phi) is 14.5. The van der Waals surface area contributed by atoms with Crippen molar-refractivity contribution in [3.05, 3.63) is 0 Å². The zero-order valence-electron chi connectivity index (χ0n) is 18.0. The Morgan fingerprint density at radius 2 is 0.933 bits per heavy atom. The monoisotopic (exact) mass is 432 g/mol. The summed E-state index contributed by atoms with van der Waals surface area (Å²) < 4.78 is 19.4. The molecule has 0 saturated heterocycles. The van der Waals surface area contributed by atoms with E-state index in [2.05, 4.69) is 10.6 Å². The van der Waals surface area contributed by atoms with Crippen LogP contribution in [0.3, 0.4) is 0 Å². The van der Waals surface area contributed by atoms with E-state index in [0.717, 1.165) is 0 Å². The van der Waals surface area contributed by atoms with E-state index in [9.17, 15) is 24.0 Å². The summed E-state index contributed by atoms with van der Waals surface area (Å²) in [6, 6.07) is -3.09. The molecule has 0 fully saturated rings. The van der Waals surface area contributed by atoms with Gasteiger partial charge in [0.05, 0.1) is 26.4 Å². The van der Waals surface area contributed by atoms with E-state index in [1.54, 1.807) is 27.7 Å². The van der Waals surface area contributed by atoms with Gasteiger partial charge in [-0.15, -0.1) is 0 Å². The van der Waals surface area contributed by atoms with Crippen molar-refractivity contribution in [2.24, 2.45) is 0 Å². The highest BCUT2D eigenvalue weighted by Gasteiger charge is 2.27. The van der Waals surface area contributed by atoms with E-state index in [4.69, 9.17) is 18.9 Å². The Hall–Kier alpha value is -2.85. The molecule has 0 bridgehead atoms. The molecule has 0 rings (SSSR count). The van der Waals surface area contributed by atoms with Crippen molar-refractivity contribution in [1.29, 1.82) is 0 Å². The molecule has 0 aliphatic heterocycles. The Labute approximate surface area is 176 Å². The van der Waals surface area contributed by atoms with Gasteiger partial charge < -0.3 is 29.6 Å². The molecule has 0 saturated carbocycles. The van der Waals surface area contributed by atoms with Gasteiger partial charge in [-0.1, -0.05) is 0 Å². The van der Waals surface area contributed by atoms with Gasteiger partial charge in [-0.3, -0.25) is 9.59 Å². The molecule has 0 aliphatic carbocycles. The first-order valence-electron chi connectivity index (χ1n) is 10.00. The third-order valence-electron chi connectivity index (χ3n) is 3.64. The summed E-state index contributed by atoms with van der Waals surface area (Å²) in [6.45, 7) is 7.07. The van der Waals surface area contributed by atoms with Gasteiger partial charge >= 0.3 is 29.9 Å². The van der Waals surface area contributed by atoms with Crippen molar-refractivity contribution in [3.8, 4) is 0 Å². The first-order valence-corrected chi connectivity index (χ1v) is 10.00. The van der Waals surface area contributed by atoms with Crippen LogP contribution in [-0.4, -0.2) is 68.4 Å². The standard InChI is InChI=1S/C19H32N2O9/c1-5-27-15(22)11-9-13(17(24)29-7-3)20-19(26)21-14(18(25)30-8-4)10-12-16(23)28-6-2/h13-14H,5-12H2,1-4H3,(H2,20,21,26). The second-order valence-electron chi connectivity index (χ2n) is 5.91. The number of amides is 2. The normalized spacial score (nSPS) is 12.1. The lowest BCUT2D eigenvalue weighted by Crippen LogP contribution is -2.52. The summed E-state index contributed by atoms with van der Waals surface area (Å²) >= 11 is 0. The molecule has 0 aromatic rings. The lowest BCUT2D eigenvalue weighted by Gasteiger charge is -2.21. The summed E-state index contributed by atoms with van der Waals surface area (Å²) in [5.74, 6) is -2.49. The summed E-state index contributed by atoms with van der Waals surface area (Å²) in [4.78, 5) is 59.6. The van der Waals surface area contributed by atoms with E-state index in [1.165, 1.54) is 0 Å². The average Bonchev–Trinajstić information content (AvgIpc) is 2.69. The summed E-state index contributed by atoms with van der Waals surface area (Å²) in [5, 5.41) is 4.77. The van der Waals surface area contributed by atoms with Gasteiger partial charge in [0.25, 0.3) is 0 Å². The topological polar surface area (TPSA) is 146 Å².